The molecular formula is C6H10N4O2S. The van der Waals surface area contributed by atoms with Crippen molar-refractivity contribution >= 4 is 28.6 Å². The van der Waals surface area contributed by atoms with E-state index in [2.05, 4.69) is 15.6 Å². The van der Waals surface area contributed by atoms with Gasteiger partial charge in [0, 0.05) is 0 Å². The summed E-state index contributed by atoms with van der Waals surface area (Å²) >= 11 is 1.31. The molecule has 0 spiro atoms. The molecule has 0 unspecified atom stereocenters. The van der Waals surface area contributed by atoms with E-state index in [1.54, 1.807) is 6.92 Å². The predicted octanol–water partition coefficient (Wildman–Crippen LogP) is -0.528. The van der Waals surface area contributed by atoms with Crippen molar-refractivity contribution in [3.8, 4) is 0 Å². The maximum atomic E-state index is 11.1. The molecule has 0 amide bonds. The number of carbonyl (C=O) groups excluding carboxylic acids is 1. The second-order valence-electron chi connectivity index (χ2n) is 2.11. The minimum absolute atomic E-state index is 0.347. The number of hydrogen-bond donors (Lipinski definition) is 2. The second kappa shape index (κ2) is 4.70. The van der Waals surface area contributed by atoms with Crippen LogP contribution in [-0.4, -0.2) is 29.2 Å². The highest BCUT2D eigenvalue weighted by molar-refractivity contribution is 8.14. The van der Waals surface area contributed by atoms with E-state index in [1.165, 1.54) is 11.8 Å². The van der Waals surface area contributed by atoms with Crippen LogP contribution in [0, 0.1) is 0 Å². The number of hydrogen-bond acceptors (Lipinski definition) is 6. The zero-order chi connectivity index (χ0) is 9.68. The lowest BCUT2D eigenvalue weighted by Crippen LogP contribution is -2.31. The van der Waals surface area contributed by atoms with Crippen molar-refractivity contribution in [2.45, 2.75) is 6.92 Å². The van der Waals surface area contributed by atoms with E-state index in [4.69, 9.17) is 10.6 Å². The van der Waals surface area contributed by atoms with Crippen LogP contribution < -0.4 is 11.3 Å². The van der Waals surface area contributed by atoms with Crippen molar-refractivity contribution in [2.75, 3.05) is 12.4 Å². The van der Waals surface area contributed by atoms with Crippen molar-refractivity contribution in [2.24, 2.45) is 16.0 Å². The number of nitrogens with one attached hydrogen (secondary N) is 1. The lowest BCUT2D eigenvalue weighted by Gasteiger charge is -2.12. The van der Waals surface area contributed by atoms with Gasteiger partial charge in [-0.05, 0) is 6.92 Å². The number of nitrogens with zero attached hydrogens (tertiary/aromatic N) is 2. The van der Waals surface area contributed by atoms with Gasteiger partial charge in [-0.3, -0.25) is 5.43 Å². The molecule has 7 heteroatoms. The topological polar surface area (TPSA) is 89.1 Å². The summed E-state index contributed by atoms with van der Waals surface area (Å²) in [5.74, 6) is 5.03. The van der Waals surface area contributed by atoms with E-state index in [0.717, 1.165) is 0 Å². The van der Waals surface area contributed by atoms with E-state index in [0.29, 0.717) is 23.2 Å². The molecule has 6 nitrogen and oxygen atoms in total. The Kier molecular flexibility index (Phi) is 3.56. The number of carbonyl (C=O) groups is 1. The largest absolute Gasteiger partial charge is 0.461 e. The van der Waals surface area contributed by atoms with E-state index >= 15 is 0 Å². The molecule has 0 saturated carbocycles. The van der Waals surface area contributed by atoms with Crippen molar-refractivity contribution in [3.05, 3.63) is 0 Å². The fourth-order valence-corrected chi connectivity index (χ4v) is 1.34. The molecule has 0 aliphatic carbocycles. The van der Waals surface area contributed by atoms with Gasteiger partial charge in [0.2, 0.25) is 5.17 Å². The Morgan fingerprint density at radius 3 is 3.15 bits per heavy atom. The molecule has 0 aromatic heterocycles. The molecule has 0 aromatic rings. The van der Waals surface area contributed by atoms with Gasteiger partial charge >= 0.3 is 5.97 Å². The van der Waals surface area contributed by atoms with Gasteiger partial charge in [0.1, 0.15) is 0 Å². The molecule has 3 N–H and O–H groups in total. The highest BCUT2D eigenvalue weighted by Crippen LogP contribution is 2.07. The minimum Gasteiger partial charge on any atom is -0.461 e. The third kappa shape index (κ3) is 2.62. The van der Waals surface area contributed by atoms with Gasteiger partial charge in [-0.1, -0.05) is 11.8 Å². The SMILES string of the molecule is CCOC(=O)C1=NN/C(=N\N)SC1. The van der Waals surface area contributed by atoms with Crippen LogP contribution in [-0.2, 0) is 9.53 Å². The van der Waals surface area contributed by atoms with E-state index < -0.39 is 5.97 Å². The number of nitrogens with two attached hydrogens (primary N) is 1. The van der Waals surface area contributed by atoms with Crippen molar-refractivity contribution < 1.29 is 9.53 Å². The lowest BCUT2D eigenvalue weighted by molar-refractivity contribution is -0.135. The summed E-state index contributed by atoms with van der Waals surface area (Å²) in [6.07, 6.45) is 0. The van der Waals surface area contributed by atoms with Crippen LogP contribution in [0.25, 0.3) is 0 Å². The van der Waals surface area contributed by atoms with Crippen LogP contribution in [0.1, 0.15) is 6.92 Å². The Morgan fingerprint density at radius 1 is 1.92 bits per heavy atom. The van der Waals surface area contributed by atoms with Gasteiger partial charge in [0.15, 0.2) is 5.71 Å². The van der Waals surface area contributed by atoms with E-state index in [-0.39, 0.29) is 0 Å². The molecule has 1 heterocycles. The highest BCUT2D eigenvalue weighted by atomic mass is 32.2. The number of rotatable bonds is 2. The Labute approximate surface area is 79.6 Å². The lowest BCUT2D eigenvalue weighted by atomic mass is 10.4. The molecule has 0 atom stereocenters. The maximum Gasteiger partial charge on any atom is 0.355 e. The number of amidine groups is 1. The standard InChI is InChI=1S/C6H10N4O2S/c1-2-12-5(11)4-3-13-6(8-7)10-9-4/h2-3,7H2,1H3,(H,8,10). The van der Waals surface area contributed by atoms with Gasteiger partial charge < -0.3 is 10.6 Å². The molecule has 0 radical (unpaired) electrons. The molecule has 0 aromatic carbocycles. The van der Waals surface area contributed by atoms with Crippen LogP contribution in [0.4, 0.5) is 0 Å². The van der Waals surface area contributed by atoms with Gasteiger partial charge in [-0.15, -0.1) is 0 Å². The summed E-state index contributed by atoms with van der Waals surface area (Å²) in [7, 11) is 0. The molecule has 0 saturated heterocycles. The van der Waals surface area contributed by atoms with Gasteiger partial charge in [-0.25, -0.2) is 4.79 Å². The van der Waals surface area contributed by atoms with Crippen molar-refractivity contribution in [3.63, 3.8) is 0 Å². The van der Waals surface area contributed by atoms with Gasteiger partial charge in [0.05, 0.1) is 12.4 Å². The third-order valence-electron chi connectivity index (χ3n) is 1.26. The van der Waals surface area contributed by atoms with Gasteiger partial charge in [0.25, 0.3) is 0 Å². The molecule has 1 rings (SSSR count). The number of hydrazone groups is 2. The van der Waals surface area contributed by atoms with Crippen LogP contribution >= 0.6 is 11.8 Å². The quantitative estimate of drug-likeness (QED) is 0.357. The number of esters is 1. The molecule has 1 aliphatic heterocycles. The summed E-state index contributed by atoms with van der Waals surface area (Å²) in [6.45, 7) is 2.09. The summed E-state index contributed by atoms with van der Waals surface area (Å²) in [5, 5.41) is 7.65. The first-order valence-electron chi connectivity index (χ1n) is 3.68. The fourth-order valence-electron chi connectivity index (χ4n) is 0.702. The Hall–Kier alpha value is -1.24. The molecule has 1 aliphatic rings. The monoisotopic (exact) mass is 202 g/mol. The Balaban J connectivity index is 2.55. The van der Waals surface area contributed by atoms with Crippen LogP contribution in [0.5, 0.6) is 0 Å². The van der Waals surface area contributed by atoms with E-state index in [9.17, 15) is 4.79 Å². The first kappa shape index (κ1) is 9.85. The normalized spacial score (nSPS) is 19.2. The zero-order valence-corrected chi connectivity index (χ0v) is 7.93. The van der Waals surface area contributed by atoms with Gasteiger partial charge in [-0.2, -0.15) is 10.2 Å². The molecular weight excluding hydrogens is 192 g/mol. The van der Waals surface area contributed by atoms with Crippen molar-refractivity contribution in [1.29, 1.82) is 0 Å². The first-order valence-corrected chi connectivity index (χ1v) is 4.67. The Morgan fingerprint density at radius 2 is 2.69 bits per heavy atom. The molecule has 0 fully saturated rings. The number of ether oxygens (including phenoxy) is 1. The maximum absolute atomic E-state index is 11.1. The summed E-state index contributed by atoms with van der Waals surface area (Å²) in [4.78, 5) is 11.1. The summed E-state index contributed by atoms with van der Waals surface area (Å²) in [6, 6.07) is 0. The van der Waals surface area contributed by atoms with Crippen LogP contribution in [0.2, 0.25) is 0 Å². The zero-order valence-electron chi connectivity index (χ0n) is 7.11. The highest BCUT2D eigenvalue weighted by Gasteiger charge is 2.18. The van der Waals surface area contributed by atoms with Crippen LogP contribution in [0.3, 0.4) is 0 Å². The molecule has 13 heavy (non-hydrogen) atoms. The molecule has 0 bridgehead atoms. The second-order valence-corrected chi connectivity index (χ2v) is 3.08. The van der Waals surface area contributed by atoms with Crippen LogP contribution in [0.15, 0.2) is 10.2 Å². The fraction of sp³-hybridized carbons (Fsp3) is 0.500. The predicted molar refractivity (Wildman–Crippen MR) is 51.3 cm³/mol. The Bertz CT molecular complexity index is 263. The average molecular weight is 202 g/mol. The minimum atomic E-state index is -0.404. The summed E-state index contributed by atoms with van der Waals surface area (Å²) in [5.41, 5.74) is 2.88. The third-order valence-corrected chi connectivity index (χ3v) is 2.15. The molecule has 72 valence electrons. The van der Waals surface area contributed by atoms with Crippen molar-refractivity contribution in [1.82, 2.24) is 5.43 Å². The average Bonchev–Trinajstić information content (AvgIpc) is 2.18. The first-order chi connectivity index (χ1) is 6.27. The smallest absolute Gasteiger partial charge is 0.355 e. The number of thioether (sulfide) groups is 1. The summed E-state index contributed by atoms with van der Waals surface area (Å²) < 4.78 is 4.76. The van der Waals surface area contributed by atoms with E-state index in [1.807, 2.05) is 0 Å².